The number of thiophene rings is 1. The Morgan fingerprint density at radius 1 is 1.15 bits per heavy atom. The Labute approximate surface area is 134 Å². The van der Waals surface area contributed by atoms with Crippen molar-refractivity contribution in [2.75, 3.05) is 0 Å². The van der Waals surface area contributed by atoms with Gasteiger partial charge >= 0.3 is 6.18 Å². The monoisotopic (exact) mass is 426 g/mol. The number of rotatable bonds is 3. The van der Waals surface area contributed by atoms with Crippen molar-refractivity contribution in [3.8, 4) is 0 Å². The average Bonchev–Trinajstić information content (AvgIpc) is 2.73. The van der Waals surface area contributed by atoms with Gasteiger partial charge in [-0.1, -0.05) is 15.9 Å². The number of carbonyl (C=O) groups is 1. The molecule has 1 aromatic carbocycles. The fraction of sp³-hybridized carbons (Fsp3) is 0.154. The van der Waals surface area contributed by atoms with Crippen molar-refractivity contribution >= 4 is 49.0 Å². The van der Waals surface area contributed by atoms with E-state index < -0.39 is 17.5 Å². The summed E-state index contributed by atoms with van der Waals surface area (Å²) in [6, 6.07) is 7.06. The van der Waals surface area contributed by atoms with Crippen LogP contribution < -0.4 is 0 Å². The molecule has 0 N–H and O–H groups in total. The van der Waals surface area contributed by atoms with Crippen molar-refractivity contribution in [2.45, 2.75) is 12.6 Å². The molecular weight excluding hydrogens is 421 g/mol. The molecule has 0 saturated heterocycles. The first kappa shape index (κ1) is 15.7. The zero-order chi connectivity index (χ0) is 14.9. The summed E-state index contributed by atoms with van der Waals surface area (Å²) in [5, 5.41) is 0. The Balaban J connectivity index is 2.34. The molecule has 2 aromatic rings. The number of ketones is 1. The van der Waals surface area contributed by atoms with Crippen LogP contribution in [-0.2, 0) is 12.6 Å². The minimum Gasteiger partial charge on any atom is -0.294 e. The number of hydrogen-bond acceptors (Lipinski definition) is 2. The van der Waals surface area contributed by atoms with E-state index in [0.29, 0.717) is 4.47 Å². The highest BCUT2D eigenvalue weighted by atomic mass is 79.9. The van der Waals surface area contributed by atoms with Gasteiger partial charge in [0.2, 0.25) is 0 Å². The fourth-order valence-corrected chi connectivity index (χ4v) is 3.54. The number of benzene rings is 1. The smallest absolute Gasteiger partial charge is 0.294 e. The molecule has 0 fully saturated rings. The van der Waals surface area contributed by atoms with Crippen molar-refractivity contribution in [2.24, 2.45) is 0 Å². The quantitative estimate of drug-likeness (QED) is 0.572. The SMILES string of the molecule is O=C(Cc1ccc(Br)s1)c1ccc(Br)cc1C(F)(F)F. The Bertz CT molecular complexity index is 649. The predicted octanol–water partition coefficient (Wildman–Crippen LogP) is 5.72. The molecule has 0 aliphatic heterocycles. The van der Waals surface area contributed by atoms with Gasteiger partial charge in [0.15, 0.2) is 5.78 Å². The van der Waals surface area contributed by atoms with Crippen LogP contribution in [0.1, 0.15) is 20.8 Å². The van der Waals surface area contributed by atoms with Crippen LogP contribution in [0.2, 0.25) is 0 Å². The molecule has 0 bridgehead atoms. The summed E-state index contributed by atoms with van der Waals surface area (Å²) in [5.41, 5.74) is -1.21. The fourth-order valence-electron chi connectivity index (χ4n) is 1.69. The molecule has 0 aliphatic rings. The summed E-state index contributed by atoms with van der Waals surface area (Å²) in [4.78, 5) is 12.8. The first-order chi connectivity index (χ1) is 9.27. The number of hydrogen-bond donors (Lipinski definition) is 0. The molecule has 106 valence electrons. The van der Waals surface area contributed by atoms with Gasteiger partial charge in [-0.05, 0) is 46.3 Å². The molecule has 1 aromatic heterocycles. The van der Waals surface area contributed by atoms with E-state index in [1.165, 1.54) is 23.5 Å². The van der Waals surface area contributed by atoms with Crippen molar-refractivity contribution in [3.63, 3.8) is 0 Å². The lowest BCUT2D eigenvalue weighted by molar-refractivity contribution is -0.137. The highest BCUT2D eigenvalue weighted by Gasteiger charge is 2.35. The summed E-state index contributed by atoms with van der Waals surface area (Å²) in [6.45, 7) is 0. The standard InChI is InChI=1S/C13H7Br2F3OS/c14-7-1-3-9(10(5-7)13(16,17)18)11(19)6-8-2-4-12(15)20-8/h1-5H,6H2. The summed E-state index contributed by atoms with van der Waals surface area (Å²) < 4.78 is 40.0. The Morgan fingerprint density at radius 3 is 2.40 bits per heavy atom. The molecule has 0 radical (unpaired) electrons. The topological polar surface area (TPSA) is 17.1 Å². The minimum absolute atomic E-state index is 0.0407. The second kappa shape index (κ2) is 5.99. The second-order valence-corrected chi connectivity index (χ2v) is 7.46. The number of Topliss-reactive ketones (excluding diaryl/α,β-unsaturated/α-hetero) is 1. The van der Waals surface area contributed by atoms with Crippen molar-refractivity contribution in [1.29, 1.82) is 0 Å². The van der Waals surface area contributed by atoms with E-state index >= 15 is 0 Å². The predicted molar refractivity (Wildman–Crippen MR) is 79.2 cm³/mol. The third-order valence-corrected chi connectivity index (χ3v) is 4.67. The summed E-state index contributed by atoms with van der Waals surface area (Å²) in [5.74, 6) is -0.542. The van der Waals surface area contributed by atoms with Gasteiger partial charge in [-0.3, -0.25) is 4.79 Å². The first-order valence-corrected chi connectivity index (χ1v) is 7.82. The normalized spacial score (nSPS) is 11.7. The van der Waals surface area contributed by atoms with Gasteiger partial charge in [-0.2, -0.15) is 13.2 Å². The Morgan fingerprint density at radius 2 is 1.85 bits per heavy atom. The van der Waals surface area contributed by atoms with Gasteiger partial charge in [0, 0.05) is 21.3 Å². The van der Waals surface area contributed by atoms with Gasteiger partial charge in [-0.25, -0.2) is 0 Å². The number of alkyl halides is 3. The molecule has 2 rings (SSSR count). The molecule has 0 unspecified atom stereocenters. The van der Waals surface area contributed by atoms with E-state index in [1.54, 1.807) is 12.1 Å². The molecule has 20 heavy (non-hydrogen) atoms. The third-order valence-electron chi connectivity index (χ3n) is 2.55. The van der Waals surface area contributed by atoms with Gasteiger partial charge < -0.3 is 0 Å². The largest absolute Gasteiger partial charge is 0.417 e. The highest BCUT2D eigenvalue weighted by Crippen LogP contribution is 2.34. The highest BCUT2D eigenvalue weighted by molar-refractivity contribution is 9.11. The second-order valence-electron chi connectivity index (χ2n) is 3.99. The van der Waals surface area contributed by atoms with Crippen LogP contribution in [0, 0.1) is 0 Å². The third kappa shape index (κ3) is 3.71. The van der Waals surface area contributed by atoms with Gasteiger partial charge in [-0.15, -0.1) is 11.3 Å². The number of carbonyl (C=O) groups excluding carboxylic acids is 1. The van der Waals surface area contributed by atoms with Crippen LogP contribution in [-0.4, -0.2) is 5.78 Å². The maximum atomic E-state index is 13.0. The van der Waals surface area contributed by atoms with Crippen LogP contribution >= 0.6 is 43.2 Å². The van der Waals surface area contributed by atoms with Crippen LogP contribution in [0.4, 0.5) is 13.2 Å². The van der Waals surface area contributed by atoms with Crippen LogP contribution in [0.15, 0.2) is 38.6 Å². The van der Waals surface area contributed by atoms with E-state index in [4.69, 9.17) is 0 Å². The van der Waals surface area contributed by atoms with Gasteiger partial charge in [0.25, 0.3) is 0 Å². The Kier molecular flexibility index (Phi) is 4.71. The lowest BCUT2D eigenvalue weighted by atomic mass is 10.0. The zero-order valence-electron chi connectivity index (χ0n) is 9.80. The van der Waals surface area contributed by atoms with Crippen molar-refractivity contribution in [3.05, 3.63) is 54.6 Å². The summed E-state index contributed by atoms with van der Waals surface area (Å²) in [6.07, 6.45) is -4.59. The summed E-state index contributed by atoms with van der Waals surface area (Å²) in [7, 11) is 0. The van der Waals surface area contributed by atoms with Crippen molar-refractivity contribution < 1.29 is 18.0 Å². The lowest BCUT2D eigenvalue weighted by Crippen LogP contribution is -2.14. The summed E-state index contributed by atoms with van der Waals surface area (Å²) >= 11 is 7.58. The van der Waals surface area contributed by atoms with Crippen molar-refractivity contribution in [1.82, 2.24) is 0 Å². The molecule has 1 heterocycles. The molecule has 0 spiro atoms. The van der Waals surface area contributed by atoms with Gasteiger partial charge in [0.05, 0.1) is 9.35 Å². The van der Waals surface area contributed by atoms with Crippen LogP contribution in [0.25, 0.3) is 0 Å². The molecule has 0 aliphatic carbocycles. The average molecular weight is 428 g/mol. The van der Waals surface area contributed by atoms with E-state index in [2.05, 4.69) is 31.9 Å². The van der Waals surface area contributed by atoms with E-state index in [1.807, 2.05) is 0 Å². The molecule has 0 amide bonds. The molecule has 1 nitrogen and oxygen atoms in total. The van der Waals surface area contributed by atoms with Crippen LogP contribution in [0.3, 0.4) is 0 Å². The number of halogens is 5. The van der Waals surface area contributed by atoms with E-state index in [9.17, 15) is 18.0 Å². The Hall–Kier alpha value is -0.660. The molecular formula is C13H7Br2F3OS. The maximum Gasteiger partial charge on any atom is 0.417 e. The lowest BCUT2D eigenvalue weighted by Gasteiger charge is -2.12. The molecule has 7 heteroatoms. The van der Waals surface area contributed by atoms with Crippen LogP contribution in [0.5, 0.6) is 0 Å². The van der Waals surface area contributed by atoms with E-state index in [0.717, 1.165) is 14.7 Å². The van der Waals surface area contributed by atoms with Gasteiger partial charge in [0.1, 0.15) is 0 Å². The molecule has 0 atom stereocenters. The minimum atomic E-state index is -4.55. The maximum absolute atomic E-state index is 13.0. The van der Waals surface area contributed by atoms with E-state index in [-0.39, 0.29) is 12.0 Å². The zero-order valence-corrected chi connectivity index (χ0v) is 13.8. The molecule has 0 saturated carbocycles. The first-order valence-electron chi connectivity index (χ1n) is 5.41.